The second-order valence-electron chi connectivity index (χ2n) is 9.15. The van der Waals surface area contributed by atoms with Crippen LogP contribution in [0, 0.1) is 28.9 Å². The third-order valence-electron chi connectivity index (χ3n) is 6.42. The van der Waals surface area contributed by atoms with Crippen LogP contribution in [0.15, 0.2) is 35.2 Å². The van der Waals surface area contributed by atoms with Crippen LogP contribution in [-0.4, -0.2) is 38.7 Å². The average molecular weight is 579 g/mol. The first-order valence-corrected chi connectivity index (χ1v) is 13.6. The zero-order chi connectivity index (χ0) is 29.5. The number of carbonyl (C=O) groups excluding carboxylic acids is 1. The van der Waals surface area contributed by atoms with Crippen LogP contribution in [0.1, 0.15) is 46.6 Å². The molecule has 0 radical (unpaired) electrons. The molecule has 1 saturated carbocycles. The molecule has 2 aromatic heterocycles. The molecule has 2 heterocycles. The lowest BCUT2D eigenvalue weighted by Gasteiger charge is -2.34. The van der Waals surface area contributed by atoms with E-state index in [0.717, 1.165) is 32.8 Å². The predicted octanol–water partition coefficient (Wildman–Crippen LogP) is 5.37. The van der Waals surface area contributed by atoms with E-state index in [2.05, 4.69) is 26.6 Å². The van der Waals surface area contributed by atoms with E-state index in [0.29, 0.717) is 12.8 Å². The van der Waals surface area contributed by atoms with E-state index >= 15 is 4.39 Å². The van der Waals surface area contributed by atoms with E-state index < -0.39 is 67.4 Å². The highest BCUT2D eigenvalue weighted by Gasteiger charge is 2.42. The zero-order valence-corrected chi connectivity index (χ0v) is 22.2. The Kier molecular flexibility index (Phi) is 7.41. The fourth-order valence-electron chi connectivity index (χ4n) is 4.13. The van der Waals surface area contributed by atoms with E-state index in [9.17, 15) is 27.4 Å². The van der Waals surface area contributed by atoms with E-state index in [1.165, 1.54) is 24.3 Å². The van der Waals surface area contributed by atoms with Gasteiger partial charge in [-0.05, 0) is 49.9 Å². The molecule has 1 atom stereocenters. The van der Waals surface area contributed by atoms with Gasteiger partial charge in [-0.25, -0.2) is 18.4 Å². The molecule has 0 aliphatic heterocycles. The van der Waals surface area contributed by atoms with Crippen molar-refractivity contribution < 1.29 is 36.0 Å². The molecule has 3 aromatic rings. The number of pyridine rings is 1. The zero-order valence-electron chi connectivity index (χ0n) is 21.4. The Balaban J connectivity index is 1.80. The standard InChI is InChI=1S/C25H22F4N6O4S/c1-13-18(21(36)32-14-6-4-7-15(10-14)40(3,31)37)22(35-34-20(13)25(27,28)29)39-19-16(26)11-17(33-23(19)38-2)24(12-30)8-5-9-24/h4,6-7,10-11,31H,5,8-9H2,1-3H3,(H,32,36). The number of ether oxygens (including phenoxy) is 2. The molecule has 15 heteroatoms. The van der Waals surface area contributed by atoms with Crippen molar-refractivity contribution in [3.63, 3.8) is 0 Å². The van der Waals surface area contributed by atoms with Crippen molar-refractivity contribution in [1.82, 2.24) is 15.2 Å². The van der Waals surface area contributed by atoms with E-state index in [-0.39, 0.29) is 16.3 Å². The number of amides is 1. The summed E-state index contributed by atoms with van der Waals surface area (Å²) in [4.78, 5) is 17.5. The van der Waals surface area contributed by atoms with Crippen molar-refractivity contribution in [2.75, 3.05) is 18.7 Å². The highest BCUT2D eigenvalue weighted by Crippen LogP contribution is 2.45. The fraction of sp³-hybridized carbons (Fsp3) is 0.320. The number of nitrogens with zero attached hydrogens (tertiary/aromatic N) is 4. The Hall–Kier alpha value is -4.32. The summed E-state index contributed by atoms with van der Waals surface area (Å²) >= 11 is 0. The van der Waals surface area contributed by atoms with Gasteiger partial charge in [0.2, 0.25) is 5.75 Å². The Labute approximate surface area is 226 Å². The quantitative estimate of drug-likeness (QED) is 0.355. The van der Waals surface area contributed by atoms with Crippen molar-refractivity contribution in [2.45, 2.75) is 42.7 Å². The third-order valence-corrected chi connectivity index (χ3v) is 7.58. The van der Waals surface area contributed by atoms with E-state index in [1.807, 2.05) is 0 Å². The van der Waals surface area contributed by atoms with Crippen molar-refractivity contribution in [2.24, 2.45) is 0 Å². The number of hydrogen-bond donors (Lipinski definition) is 2. The molecular weight excluding hydrogens is 556 g/mol. The van der Waals surface area contributed by atoms with Crippen LogP contribution < -0.4 is 14.8 Å². The van der Waals surface area contributed by atoms with Crippen LogP contribution in [0.3, 0.4) is 0 Å². The molecule has 1 aromatic carbocycles. The SMILES string of the molecule is COc1nc(C2(C#N)CCC2)cc(F)c1Oc1nnc(C(F)(F)F)c(C)c1C(=O)Nc1cccc(S(C)(=N)=O)c1. The summed E-state index contributed by atoms with van der Waals surface area (Å²) in [5, 5.41) is 18.5. The van der Waals surface area contributed by atoms with Gasteiger partial charge in [-0.15, -0.1) is 10.2 Å². The van der Waals surface area contributed by atoms with Gasteiger partial charge in [-0.1, -0.05) is 6.07 Å². The lowest BCUT2D eigenvalue weighted by Crippen LogP contribution is -2.33. The van der Waals surface area contributed by atoms with Gasteiger partial charge >= 0.3 is 6.18 Å². The molecule has 10 nitrogen and oxygen atoms in total. The molecule has 1 aliphatic carbocycles. The van der Waals surface area contributed by atoms with E-state index in [4.69, 9.17) is 14.3 Å². The number of methoxy groups -OCH3 is 1. The lowest BCUT2D eigenvalue weighted by molar-refractivity contribution is -0.142. The highest BCUT2D eigenvalue weighted by atomic mass is 32.2. The maximum absolute atomic E-state index is 15.3. The molecule has 1 aliphatic rings. The van der Waals surface area contributed by atoms with Crippen molar-refractivity contribution in [3.05, 3.63) is 58.7 Å². The molecule has 210 valence electrons. The predicted molar refractivity (Wildman–Crippen MR) is 133 cm³/mol. The largest absolute Gasteiger partial charge is 0.478 e. The molecule has 1 amide bonds. The number of benzene rings is 1. The molecule has 40 heavy (non-hydrogen) atoms. The van der Waals surface area contributed by atoms with E-state index in [1.54, 1.807) is 0 Å². The number of nitriles is 1. The molecule has 1 fully saturated rings. The summed E-state index contributed by atoms with van der Waals surface area (Å²) in [6.07, 6.45) is -2.15. The van der Waals surface area contributed by atoms with Crippen LogP contribution in [0.4, 0.5) is 23.2 Å². The minimum absolute atomic E-state index is 0.0251. The van der Waals surface area contributed by atoms with Crippen molar-refractivity contribution >= 4 is 21.3 Å². The highest BCUT2D eigenvalue weighted by molar-refractivity contribution is 7.91. The molecule has 0 bridgehead atoms. The first-order valence-electron chi connectivity index (χ1n) is 11.6. The van der Waals surface area contributed by atoms with Crippen LogP contribution in [0.5, 0.6) is 17.5 Å². The number of halogens is 4. The minimum Gasteiger partial charge on any atom is -0.478 e. The Morgan fingerprint density at radius 1 is 1.23 bits per heavy atom. The van der Waals surface area contributed by atoms with Crippen molar-refractivity contribution in [1.29, 1.82) is 10.0 Å². The van der Waals surface area contributed by atoms with Gasteiger partial charge in [0.15, 0.2) is 11.5 Å². The van der Waals surface area contributed by atoms with Crippen molar-refractivity contribution in [3.8, 4) is 23.6 Å². The summed E-state index contributed by atoms with van der Waals surface area (Å²) in [6.45, 7) is 0.973. The maximum Gasteiger partial charge on any atom is 0.435 e. The maximum atomic E-state index is 15.3. The summed E-state index contributed by atoms with van der Waals surface area (Å²) in [6, 6.07) is 8.51. The number of carbonyl (C=O) groups is 1. The van der Waals surface area contributed by atoms with Gasteiger partial charge in [-0.3, -0.25) is 4.79 Å². The monoisotopic (exact) mass is 578 g/mol. The topological polar surface area (TPSA) is 151 Å². The normalized spacial score (nSPS) is 15.8. The second-order valence-corrected chi connectivity index (χ2v) is 11.3. The summed E-state index contributed by atoms with van der Waals surface area (Å²) < 4.78 is 86.6. The Morgan fingerprint density at radius 3 is 2.48 bits per heavy atom. The Morgan fingerprint density at radius 2 is 1.93 bits per heavy atom. The number of rotatable bonds is 7. The van der Waals surface area contributed by atoms with Gasteiger partial charge in [-0.2, -0.15) is 18.4 Å². The third kappa shape index (κ3) is 5.39. The van der Waals surface area contributed by atoms with Gasteiger partial charge < -0.3 is 14.8 Å². The summed E-state index contributed by atoms with van der Waals surface area (Å²) in [5.41, 5.74) is -3.71. The lowest BCUT2D eigenvalue weighted by atomic mass is 9.67. The first-order chi connectivity index (χ1) is 18.7. The average Bonchev–Trinajstić information content (AvgIpc) is 2.84. The molecule has 0 spiro atoms. The summed E-state index contributed by atoms with van der Waals surface area (Å²) in [7, 11) is -2.01. The smallest absolute Gasteiger partial charge is 0.435 e. The number of nitrogens with one attached hydrogen (secondary N) is 2. The van der Waals surface area contributed by atoms with Crippen LogP contribution in [0.25, 0.3) is 0 Å². The first kappa shape index (κ1) is 28.7. The fourth-order valence-corrected chi connectivity index (χ4v) is 4.82. The number of aromatic nitrogens is 3. The van der Waals surface area contributed by atoms with Gasteiger partial charge in [0.1, 0.15) is 5.56 Å². The second kappa shape index (κ2) is 10.3. The van der Waals surface area contributed by atoms with Crippen LogP contribution >= 0.6 is 0 Å². The molecule has 4 rings (SSSR count). The number of anilines is 1. The van der Waals surface area contributed by atoms with Crippen LogP contribution in [-0.2, 0) is 21.3 Å². The molecule has 1 unspecified atom stereocenters. The molecule has 0 saturated heterocycles. The summed E-state index contributed by atoms with van der Waals surface area (Å²) in [5.74, 6) is -4.04. The van der Waals surface area contributed by atoms with Gasteiger partial charge in [0.05, 0.1) is 34.0 Å². The molecule has 2 N–H and O–H groups in total. The Bertz CT molecular complexity index is 1650. The molecular formula is C25H22F4N6O4S. The number of hydrogen-bond acceptors (Lipinski definition) is 9. The minimum atomic E-state index is -4.98. The van der Waals surface area contributed by atoms with Crippen LogP contribution in [0.2, 0.25) is 0 Å². The van der Waals surface area contributed by atoms with Gasteiger partial charge in [0.25, 0.3) is 17.7 Å². The van der Waals surface area contributed by atoms with Gasteiger partial charge in [0, 0.05) is 22.9 Å². The number of alkyl halides is 3.